The molecule has 1 aromatic carbocycles. The van der Waals surface area contributed by atoms with Gasteiger partial charge in [0.1, 0.15) is 11.3 Å². The van der Waals surface area contributed by atoms with Crippen molar-refractivity contribution in [1.82, 2.24) is 10.2 Å². The number of carbonyl (C=O) groups is 2. The third-order valence-electron chi connectivity index (χ3n) is 4.74. The first-order valence-electron chi connectivity index (χ1n) is 9.23. The highest BCUT2D eigenvalue weighted by Gasteiger charge is 2.28. The van der Waals surface area contributed by atoms with Crippen molar-refractivity contribution < 1.29 is 18.7 Å². The SMILES string of the molecule is CCOC(=O)[C@@H]1CCCN(CC(=O)N[C@@H](C)c2cc3ccccc3o2)C1. The summed E-state index contributed by atoms with van der Waals surface area (Å²) in [6.07, 6.45) is 1.72. The monoisotopic (exact) mass is 358 g/mol. The third kappa shape index (κ3) is 4.43. The number of amides is 1. The van der Waals surface area contributed by atoms with Gasteiger partial charge in [-0.2, -0.15) is 0 Å². The molecule has 6 heteroatoms. The Balaban J connectivity index is 1.53. The number of piperidine rings is 1. The molecule has 3 rings (SSSR count). The number of fused-ring (bicyclic) bond motifs is 1. The van der Waals surface area contributed by atoms with Crippen LogP contribution in [0.25, 0.3) is 11.0 Å². The second-order valence-electron chi connectivity index (χ2n) is 6.80. The fourth-order valence-corrected chi connectivity index (χ4v) is 3.43. The lowest BCUT2D eigenvalue weighted by molar-refractivity contribution is -0.150. The minimum atomic E-state index is -0.208. The van der Waals surface area contributed by atoms with E-state index in [0.717, 1.165) is 36.1 Å². The van der Waals surface area contributed by atoms with Crippen LogP contribution in [0.5, 0.6) is 0 Å². The number of para-hydroxylation sites is 1. The summed E-state index contributed by atoms with van der Waals surface area (Å²) in [7, 11) is 0. The summed E-state index contributed by atoms with van der Waals surface area (Å²) in [6.45, 7) is 5.79. The lowest BCUT2D eigenvalue weighted by Gasteiger charge is -2.31. The van der Waals surface area contributed by atoms with Gasteiger partial charge in [0.15, 0.2) is 0 Å². The fourth-order valence-electron chi connectivity index (χ4n) is 3.43. The number of esters is 1. The van der Waals surface area contributed by atoms with E-state index in [1.54, 1.807) is 0 Å². The molecule has 1 fully saturated rings. The molecule has 1 N–H and O–H groups in total. The molecule has 2 atom stereocenters. The third-order valence-corrected chi connectivity index (χ3v) is 4.74. The number of rotatable bonds is 6. The number of hydrogen-bond donors (Lipinski definition) is 1. The molecule has 1 saturated heterocycles. The normalized spacial score (nSPS) is 19.2. The first kappa shape index (κ1) is 18.5. The summed E-state index contributed by atoms with van der Waals surface area (Å²) in [6, 6.07) is 9.53. The maximum atomic E-state index is 12.4. The highest BCUT2D eigenvalue weighted by Crippen LogP contribution is 2.23. The summed E-state index contributed by atoms with van der Waals surface area (Å²) in [5, 5.41) is 4.01. The molecule has 0 bridgehead atoms. The van der Waals surface area contributed by atoms with Crippen molar-refractivity contribution in [3.8, 4) is 0 Å². The number of ether oxygens (including phenoxy) is 1. The predicted octanol–water partition coefficient (Wildman–Crippen LogP) is 2.89. The Morgan fingerprint density at radius 1 is 1.38 bits per heavy atom. The van der Waals surface area contributed by atoms with Crippen molar-refractivity contribution in [2.24, 2.45) is 5.92 Å². The van der Waals surface area contributed by atoms with Crippen molar-refractivity contribution in [3.63, 3.8) is 0 Å². The van der Waals surface area contributed by atoms with Gasteiger partial charge in [-0.15, -0.1) is 0 Å². The summed E-state index contributed by atoms with van der Waals surface area (Å²) in [5.74, 6) is 0.377. The van der Waals surface area contributed by atoms with Gasteiger partial charge < -0.3 is 14.5 Å². The Bertz CT molecular complexity index is 737. The van der Waals surface area contributed by atoms with Crippen LogP contribution in [0.1, 0.15) is 38.5 Å². The first-order chi connectivity index (χ1) is 12.6. The second-order valence-corrected chi connectivity index (χ2v) is 6.80. The summed E-state index contributed by atoms with van der Waals surface area (Å²) in [4.78, 5) is 26.3. The zero-order valence-corrected chi connectivity index (χ0v) is 15.4. The van der Waals surface area contributed by atoms with E-state index in [-0.39, 0.29) is 30.4 Å². The van der Waals surface area contributed by atoms with Gasteiger partial charge in [-0.1, -0.05) is 18.2 Å². The summed E-state index contributed by atoms with van der Waals surface area (Å²) < 4.78 is 10.9. The Hall–Kier alpha value is -2.34. The first-order valence-corrected chi connectivity index (χ1v) is 9.23. The lowest BCUT2D eigenvalue weighted by Crippen LogP contribution is -2.44. The van der Waals surface area contributed by atoms with Gasteiger partial charge >= 0.3 is 5.97 Å². The molecule has 1 aromatic heterocycles. The van der Waals surface area contributed by atoms with E-state index in [1.807, 2.05) is 49.1 Å². The molecule has 2 heterocycles. The maximum absolute atomic E-state index is 12.4. The average molecular weight is 358 g/mol. The second kappa shape index (κ2) is 8.36. The smallest absolute Gasteiger partial charge is 0.310 e. The van der Waals surface area contributed by atoms with Crippen molar-refractivity contribution in [1.29, 1.82) is 0 Å². The van der Waals surface area contributed by atoms with Crippen LogP contribution in [-0.4, -0.2) is 43.0 Å². The van der Waals surface area contributed by atoms with E-state index in [4.69, 9.17) is 9.15 Å². The van der Waals surface area contributed by atoms with Gasteiger partial charge in [-0.3, -0.25) is 14.5 Å². The van der Waals surface area contributed by atoms with Crippen molar-refractivity contribution >= 4 is 22.8 Å². The molecule has 0 radical (unpaired) electrons. The molecule has 140 valence electrons. The molecule has 0 aliphatic carbocycles. The van der Waals surface area contributed by atoms with Gasteiger partial charge in [-0.05, 0) is 45.4 Å². The van der Waals surface area contributed by atoms with Crippen LogP contribution in [0.3, 0.4) is 0 Å². The minimum Gasteiger partial charge on any atom is -0.466 e. The number of likely N-dealkylation sites (tertiary alicyclic amines) is 1. The molecule has 2 aromatic rings. The lowest BCUT2D eigenvalue weighted by atomic mass is 9.98. The van der Waals surface area contributed by atoms with E-state index in [0.29, 0.717) is 13.2 Å². The van der Waals surface area contributed by atoms with Crippen LogP contribution in [0.2, 0.25) is 0 Å². The quantitative estimate of drug-likeness (QED) is 0.804. The Labute approximate surface area is 153 Å². The fraction of sp³-hybridized carbons (Fsp3) is 0.500. The van der Waals surface area contributed by atoms with Crippen LogP contribution < -0.4 is 5.32 Å². The molecule has 26 heavy (non-hydrogen) atoms. The molecular weight excluding hydrogens is 332 g/mol. The van der Waals surface area contributed by atoms with E-state index < -0.39 is 0 Å². The number of furan rings is 1. The van der Waals surface area contributed by atoms with Gasteiger partial charge in [0.05, 0.1) is 25.1 Å². The van der Waals surface area contributed by atoms with Gasteiger partial charge in [-0.25, -0.2) is 0 Å². The highest BCUT2D eigenvalue weighted by atomic mass is 16.5. The molecule has 1 aliphatic rings. The molecule has 1 aliphatic heterocycles. The Morgan fingerprint density at radius 2 is 2.19 bits per heavy atom. The zero-order chi connectivity index (χ0) is 18.5. The van der Waals surface area contributed by atoms with Gasteiger partial charge in [0.2, 0.25) is 5.91 Å². The molecule has 0 saturated carbocycles. The van der Waals surface area contributed by atoms with Crippen molar-refractivity contribution in [3.05, 3.63) is 36.1 Å². The number of nitrogens with one attached hydrogen (secondary N) is 1. The number of hydrogen-bond acceptors (Lipinski definition) is 5. The van der Waals surface area contributed by atoms with Crippen molar-refractivity contribution in [2.75, 3.05) is 26.2 Å². The van der Waals surface area contributed by atoms with Crippen LogP contribution in [-0.2, 0) is 14.3 Å². The Kier molecular flexibility index (Phi) is 5.93. The van der Waals surface area contributed by atoms with Gasteiger partial charge in [0, 0.05) is 11.9 Å². The molecular formula is C20H26N2O4. The molecule has 1 amide bonds. The Morgan fingerprint density at radius 3 is 2.96 bits per heavy atom. The molecule has 0 spiro atoms. The number of nitrogens with zero attached hydrogens (tertiary/aromatic N) is 1. The van der Waals surface area contributed by atoms with Crippen LogP contribution in [0, 0.1) is 5.92 Å². The van der Waals surface area contributed by atoms with Crippen LogP contribution in [0.4, 0.5) is 0 Å². The maximum Gasteiger partial charge on any atom is 0.310 e. The number of carbonyl (C=O) groups excluding carboxylic acids is 2. The minimum absolute atomic E-state index is 0.0672. The van der Waals surface area contributed by atoms with Gasteiger partial charge in [0.25, 0.3) is 0 Å². The summed E-state index contributed by atoms with van der Waals surface area (Å²) >= 11 is 0. The highest BCUT2D eigenvalue weighted by molar-refractivity contribution is 5.80. The summed E-state index contributed by atoms with van der Waals surface area (Å²) in [5.41, 5.74) is 0.817. The van der Waals surface area contributed by atoms with Crippen molar-refractivity contribution in [2.45, 2.75) is 32.7 Å². The van der Waals surface area contributed by atoms with E-state index in [9.17, 15) is 9.59 Å². The standard InChI is InChI=1S/C20H26N2O4/c1-3-25-20(24)16-8-6-10-22(12-16)13-19(23)21-14(2)18-11-15-7-4-5-9-17(15)26-18/h4-5,7,9,11,14,16H,3,6,8,10,12-13H2,1-2H3,(H,21,23)/t14-,16+/m0/s1. The molecule has 6 nitrogen and oxygen atoms in total. The van der Waals surface area contributed by atoms with E-state index in [1.165, 1.54) is 0 Å². The predicted molar refractivity (Wildman–Crippen MR) is 98.6 cm³/mol. The van der Waals surface area contributed by atoms with Crippen LogP contribution >= 0.6 is 0 Å². The van der Waals surface area contributed by atoms with E-state index >= 15 is 0 Å². The molecule has 0 unspecified atom stereocenters. The topological polar surface area (TPSA) is 71.8 Å². The number of benzene rings is 1. The van der Waals surface area contributed by atoms with Crippen LogP contribution in [0.15, 0.2) is 34.7 Å². The largest absolute Gasteiger partial charge is 0.466 e. The zero-order valence-electron chi connectivity index (χ0n) is 15.4. The average Bonchev–Trinajstić information content (AvgIpc) is 3.06. The van der Waals surface area contributed by atoms with E-state index in [2.05, 4.69) is 5.32 Å².